The predicted octanol–water partition coefficient (Wildman–Crippen LogP) is 2.47. The summed E-state index contributed by atoms with van der Waals surface area (Å²) in [5, 5.41) is 3.82. The second-order valence-corrected chi connectivity index (χ2v) is 8.08. The maximum Gasteiger partial charge on any atom is 0.234 e. The first kappa shape index (κ1) is 22.2. The van der Waals surface area contributed by atoms with Gasteiger partial charge in [-0.25, -0.2) is 0 Å². The van der Waals surface area contributed by atoms with Crippen molar-refractivity contribution in [2.75, 3.05) is 53.0 Å². The topological polar surface area (TPSA) is 77.7 Å². The third-order valence-electron chi connectivity index (χ3n) is 5.99. The minimum atomic E-state index is -0.354. The Balaban J connectivity index is 1.48. The SMILES string of the molecule is COCCNC(=O)CN1CCN(C(C(=O)c2c[nH]c3ccccc23)c2ccccc2)CC1. The molecule has 1 fully saturated rings. The van der Waals surface area contributed by atoms with E-state index in [9.17, 15) is 9.59 Å². The van der Waals surface area contributed by atoms with Crippen molar-refractivity contribution in [3.63, 3.8) is 0 Å². The molecule has 4 rings (SSSR count). The van der Waals surface area contributed by atoms with Gasteiger partial charge in [-0.05, 0) is 11.6 Å². The molecule has 1 aliphatic rings. The molecule has 0 saturated carbocycles. The lowest BCUT2D eigenvalue weighted by molar-refractivity contribution is -0.122. The molecular formula is C25H30N4O3. The van der Waals surface area contributed by atoms with Gasteiger partial charge in [0.1, 0.15) is 0 Å². The highest BCUT2D eigenvalue weighted by Crippen LogP contribution is 2.29. The fourth-order valence-electron chi connectivity index (χ4n) is 4.32. The average molecular weight is 435 g/mol. The van der Waals surface area contributed by atoms with E-state index in [-0.39, 0.29) is 17.7 Å². The quantitative estimate of drug-likeness (QED) is 0.400. The maximum atomic E-state index is 13.8. The van der Waals surface area contributed by atoms with E-state index in [2.05, 4.69) is 20.1 Å². The number of H-pyrrole nitrogens is 1. The number of rotatable bonds is 9. The molecule has 0 aliphatic carbocycles. The van der Waals surface area contributed by atoms with Crippen molar-refractivity contribution in [3.8, 4) is 0 Å². The molecule has 7 nitrogen and oxygen atoms in total. The highest BCUT2D eigenvalue weighted by atomic mass is 16.5. The minimum absolute atomic E-state index is 0.00461. The van der Waals surface area contributed by atoms with Gasteiger partial charge in [0.05, 0.1) is 19.2 Å². The van der Waals surface area contributed by atoms with Crippen molar-refractivity contribution in [3.05, 3.63) is 71.9 Å². The first-order valence-corrected chi connectivity index (χ1v) is 11.0. The van der Waals surface area contributed by atoms with E-state index in [1.807, 2.05) is 60.8 Å². The standard InChI is InChI=1S/C25H30N4O3/c1-32-16-11-26-23(30)18-28-12-14-29(15-13-28)24(19-7-3-2-4-8-19)25(31)21-17-27-22-10-6-5-9-20(21)22/h2-10,17,24,27H,11-16,18H2,1H3,(H,26,30). The Morgan fingerprint density at radius 1 is 1.03 bits per heavy atom. The third-order valence-corrected chi connectivity index (χ3v) is 5.99. The monoisotopic (exact) mass is 434 g/mol. The minimum Gasteiger partial charge on any atom is -0.383 e. The van der Waals surface area contributed by atoms with Gasteiger partial charge in [-0.1, -0.05) is 48.5 Å². The Kier molecular flexibility index (Phi) is 7.32. The fourth-order valence-corrected chi connectivity index (χ4v) is 4.32. The van der Waals surface area contributed by atoms with Gasteiger partial charge >= 0.3 is 0 Å². The van der Waals surface area contributed by atoms with Crippen LogP contribution < -0.4 is 5.32 Å². The summed E-state index contributed by atoms with van der Waals surface area (Å²) in [7, 11) is 1.62. The summed E-state index contributed by atoms with van der Waals surface area (Å²) in [6.07, 6.45) is 1.82. The molecule has 168 valence electrons. The summed E-state index contributed by atoms with van der Waals surface area (Å²) in [4.78, 5) is 33.5. The number of ether oxygens (including phenoxy) is 1. The Hall–Kier alpha value is -3.00. The fraction of sp³-hybridized carbons (Fsp3) is 0.360. The molecule has 2 N–H and O–H groups in total. The highest BCUT2D eigenvalue weighted by molar-refractivity contribution is 6.10. The number of carbonyl (C=O) groups is 2. The van der Waals surface area contributed by atoms with Gasteiger partial charge in [-0.2, -0.15) is 0 Å². The van der Waals surface area contributed by atoms with Crippen LogP contribution in [0.1, 0.15) is 22.0 Å². The van der Waals surface area contributed by atoms with Crippen LogP contribution in [0, 0.1) is 0 Å². The zero-order valence-corrected chi connectivity index (χ0v) is 18.4. The lowest BCUT2D eigenvalue weighted by Gasteiger charge is -2.38. The zero-order valence-electron chi connectivity index (χ0n) is 18.4. The van der Waals surface area contributed by atoms with E-state index in [0.29, 0.717) is 19.7 Å². The summed E-state index contributed by atoms with van der Waals surface area (Å²) < 4.78 is 4.98. The van der Waals surface area contributed by atoms with Gasteiger partial charge in [0.2, 0.25) is 5.91 Å². The number of benzene rings is 2. The molecule has 0 spiro atoms. The van der Waals surface area contributed by atoms with Crippen molar-refractivity contribution in [2.45, 2.75) is 6.04 Å². The predicted molar refractivity (Wildman–Crippen MR) is 125 cm³/mol. The van der Waals surface area contributed by atoms with E-state index in [0.717, 1.165) is 48.2 Å². The number of nitrogens with one attached hydrogen (secondary N) is 2. The summed E-state index contributed by atoms with van der Waals surface area (Å²) >= 11 is 0. The number of para-hydroxylation sites is 1. The molecule has 1 amide bonds. The van der Waals surface area contributed by atoms with E-state index in [1.54, 1.807) is 7.11 Å². The Morgan fingerprint density at radius 3 is 2.50 bits per heavy atom. The third kappa shape index (κ3) is 5.07. The van der Waals surface area contributed by atoms with E-state index >= 15 is 0 Å². The van der Waals surface area contributed by atoms with Crippen LogP contribution in [0.2, 0.25) is 0 Å². The average Bonchev–Trinajstić information content (AvgIpc) is 3.25. The number of piperazine rings is 1. The molecule has 7 heteroatoms. The molecule has 32 heavy (non-hydrogen) atoms. The summed E-state index contributed by atoms with van der Waals surface area (Å²) in [5.74, 6) is 0.101. The van der Waals surface area contributed by atoms with Gasteiger partial charge in [0, 0.05) is 62.5 Å². The van der Waals surface area contributed by atoms with Crippen LogP contribution in [0.3, 0.4) is 0 Å². The number of methoxy groups -OCH3 is 1. The molecule has 1 saturated heterocycles. The molecule has 1 aliphatic heterocycles. The van der Waals surface area contributed by atoms with Crippen LogP contribution in [-0.2, 0) is 9.53 Å². The number of amides is 1. The number of aromatic nitrogens is 1. The molecule has 2 heterocycles. The maximum absolute atomic E-state index is 13.8. The van der Waals surface area contributed by atoms with E-state index in [1.165, 1.54) is 0 Å². The molecule has 0 radical (unpaired) electrons. The van der Waals surface area contributed by atoms with E-state index in [4.69, 9.17) is 4.74 Å². The highest BCUT2D eigenvalue weighted by Gasteiger charge is 2.32. The second kappa shape index (κ2) is 10.5. The molecule has 1 aromatic heterocycles. The summed E-state index contributed by atoms with van der Waals surface area (Å²) in [6, 6.07) is 17.5. The van der Waals surface area contributed by atoms with Crippen molar-refractivity contribution < 1.29 is 14.3 Å². The second-order valence-electron chi connectivity index (χ2n) is 8.08. The van der Waals surface area contributed by atoms with Gasteiger partial charge in [0.25, 0.3) is 0 Å². The number of Topliss-reactive ketones (excluding diaryl/α,β-unsaturated/α-hetero) is 1. The molecule has 2 aromatic carbocycles. The number of ketones is 1. The summed E-state index contributed by atoms with van der Waals surface area (Å²) in [5.41, 5.74) is 2.68. The molecule has 1 atom stereocenters. The smallest absolute Gasteiger partial charge is 0.234 e. The van der Waals surface area contributed by atoms with Gasteiger partial charge in [-0.3, -0.25) is 19.4 Å². The number of nitrogens with zero attached hydrogens (tertiary/aromatic N) is 2. The number of hydrogen-bond acceptors (Lipinski definition) is 5. The lowest BCUT2D eigenvalue weighted by atomic mass is 9.95. The van der Waals surface area contributed by atoms with Crippen LogP contribution in [-0.4, -0.2) is 79.5 Å². The van der Waals surface area contributed by atoms with Crippen LogP contribution in [0.25, 0.3) is 10.9 Å². The van der Waals surface area contributed by atoms with Crippen molar-refractivity contribution in [1.82, 2.24) is 20.1 Å². The van der Waals surface area contributed by atoms with Crippen LogP contribution >= 0.6 is 0 Å². The Labute approximate surface area is 188 Å². The number of aromatic amines is 1. The van der Waals surface area contributed by atoms with Crippen molar-refractivity contribution in [2.24, 2.45) is 0 Å². The van der Waals surface area contributed by atoms with Gasteiger partial charge in [-0.15, -0.1) is 0 Å². The lowest BCUT2D eigenvalue weighted by Crippen LogP contribution is -2.51. The van der Waals surface area contributed by atoms with Crippen LogP contribution in [0.15, 0.2) is 60.8 Å². The van der Waals surface area contributed by atoms with Crippen molar-refractivity contribution >= 4 is 22.6 Å². The van der Waals surface area contributed by atoms with Crippen LogP contribution in [0.5, 0.6) is 0 Å². The van der Waals surface area contributed by atoms with Gasteiger partial charge < -0.3 is 15.0 Å². The number of hydrogen-bond donors (Lipinski definition) is 2. The molecule has 0 bridgehead atoms. The Bertz CT molecular complexity index is 1040. The van der Waals surface area contributed by atoms with Crippen LogP contribution in [0.4, 0.5) is 0 Å². The van der Waals surface area contributed by atoms with Gasteiger partial charge in [0.15, 0.2) is 5.78 Å². The van der Waals surface area contributed by atoms with Crippen molar-refractivity contribution in [1.29, 1.82) is 0 Å². The number of carbonyl (C=O) groups excluding carboxylic acids is 2. The normalized spacial score (nSPS) is 16.2. The largest absolute Gasteiger partial charge is 0.383 e. The molecule has 3 aromatic rings. The molecule has 1 unspecified atom stereocenters. The summed E-state index contributed by atoms with van der Waals surface area (Å²) in [6.45, 7) is 4.31. The van der Waals surface area contributed by atoms with E-state index < -0.39 is 0 Å². The first-order valence-electron chi connectivity index (χ1n) is 11.0. The number of fused-ring (bicyclic) bond motifs is 1. The zero-order chi connectivity index (χ0) is 22.3. The first-order chi connectivity index (χ1) is 15.7. The molecular weight excluding hydrogens is 404 g/mol. The Morgan fingerprint density at radius 2 is 1.75 bits per heavy atom.